The van der Waals surface area contributed by atoms with E-state index in [0.29, 0.717) is 22.9 Å². The van der Waals surface area contributed by atoms with E-state index in [2.05, 4.69) is 10.2 Å². The van der Waals surface area contributed by atoms with Crippen molar-refractivity contribution < 1.29 is 9.72 Å². The molecule has 0 aromatic heterocycles. The van der Waals surface area contributed by atoms with Crippen LogP contribution in [0.4, 0.5) is 17.1 Å². The average Bonchev–Trinajstić information content (AvgIpc) is 2.75. The van der Waals surface area contributed by atoms with E-state index in [0.717, 1.165) is 26.1 Å². The summed E-state index contributed by atoms with van der Waals surface area (Å²) in [6.45, 7) is 3.92. The van der Waals surface area contributed by atoms with Crippen molar-refractivity contribution in [2.24, 2.45) is 0 Å². The SMILES string of the molecule is CN(CCCN1CCCCC1)c1cccc(C(=O)Nc2ccc(Cl)cc2)c1[N+](=O)[O-]. The van der Waals surface area contributed by atoms with Crippen LogP contribution in [-0.4, -0.2) is 49.0 Å². The third-order valence-corrected chi connectivity index (χ3v) is 5.62. The Morgan fingerprint density at radius 1 is 1.17 bits per heavy atom. The molecule has 0 aliphatic carbocycles. The number of likely N-dealkylation sites (tertiary alicyclic amines) is 1. The second kappa shape index (κ2) is 10.4. The maximum Gasteiger partial charge on any atom is 0.305 e. The summed E-state index contributed by atoms with van der Waals surface area (Å²) in [6.07, 6.45) is 4.69. The number of nitro benzene ring substituents is 1. The summed E-state index contributed by atoms with van der Waals surface area (Å²) < 4.78 is 0. The molecular formula is C22H27ClN4O3. The second-order valence-electron chi connectivity index (χ2n) is 7.57. The maximum atomic E-state index is 12.7. The third-order valence-electron chi connectivity index (χ3n) is 5.37. The molecule has 160 valence electrons. The first-order valence-electron chi connectivity index (χ1n) is 10.2. The number of piperidine rings is 1. The summed E-state index contributed by atoms with van der Waals surface area (Å²) in [5.41, 5.74) is 0.834. The minimum Gasteiger partial charge on any atom is -0.369 e. The molecule has 0 bridgehead atoms. The monoisotopic (exact) mass is 430 g/mol. The first-order valence-corrected chi connectivity index (χ1v) is 10.6. The Morgan fingerprint density at radius 2 is 1.87 bits per heavy atom. The van der Waals surface area contributed by atoms with Crippen LogP contribution in [-0.2, 0) is 0 Å². The molecular weight excluding hydrogens is 404 g/mol. The molecule has 1 amide bonds. The lowest BCUT2D eigenvalue weighted by atomic mass is 10.1. The van der Waals surface area contributed by atoms with Gasteiger partial charge in [-0.3, -0.25) is 14.9 Å². The minimum absolute atomic E-state index is 0.0373. The number of nitrogens with one attached hydrogen (secondary N) is 1. The number of hydrogen-bond acceptors (Lipinski definition) is 5. The first kappa shape index (κ1) is 22.1. The lowest BCUT2D eigenvalue weighted by Gasteiger charge is -2.27. The van der Waals surface area contributed by atoms with Crippen LogP contribution in [0.25, 0.3) is 0 Å². The van der Waals surface area contributed by atoms with Crippen molar-refractivity contribution in [1.82, 2.24) is 4.90 Å². The Bertz CT molecular complexity index is 882. The van der Waals surface area contributed by atoms with Gasteiger partial charge in [0.25, 0.3) is 5.91 Å². The van der Waals surface area contributed by atoms with Crippen molar-refractivity contribution in [3.63, 3.8) is 0 Å². The third kappa shape index (κ3) is 5.70. The number of nitro groups is 1. The maximum absolute atomic E-state index is 12.7. The lowest BCUT2D eigenvalue weighted by molar-refractivity contribution is -0.384. The van der Waals surface area contributed by atoms with Crippen molar-refractivity contribution in [3.8, 4) is 0 Å². The minimum atomic E-state index is -0.521. The van der Waals surface area contributed by atoms with Crippen LogP contribution in [0.15, 0.2) is 42.5 Å². The zero-order valence-corrected chi connectivity index (χ0v) is 17.9. The van der Waals surface area contributed by atoms with Crippen LogP contribution in [0.1, 0.15) is 36.0 Å². The van der Waals surface area contributed by atoms with Gasteiger partial charge in [0.2, 0.25) is 0 Å². The van der Waals surface area contributed by atoms with Crippen molar-refractivity contribution >= 4 is 34.6 Å². The predicted molar refractivity (Wildman–Crippen MR) is 121 cm³/mol. The molecule has 1 N–H and O–H groups in total. The average molecular weight is 431 g/mol. The number of hydrogen-bond donors (Lipinski definition) is 1. The molecule has 1 fully saturated rings. The van der Waals surface area contributed by atoms with E-state index >= 15 is 0 Å². The number of para-hydroxylation sites is 1. The summed E-state index contributed by atoms with van der Waals surface area (Å²) in [4.78, 5) is 28.4. The van der Waals surface area contributed by atoms with E-state index in [-0.39, 0.29) is 11.3 Å². The summed E-state index contributed by atoms with van der Waals surface area (Å²) in [5.74, 6) is -0.521. The number of carbonyl (C=O) groups is 1. The van der Waals surface area contributed by atoms with Gasteiger partial charge in [0.1, 0.15) is 11.3 Å². The highest BCUT2D eigenvalue weighted by molar-refractivity contribution is 6.30. The molecule has 1 aliphatic rings. The second-order valence-corrected chi connectivity index (χ2v) is 8.01. The molecule has 1 aliphatic heterocycles. The van der Waals surface area contributed by atoms with E-state index in [1.807, 2.05) is 11.9 Å². The number of nitrogens with zero attached hydrogens (tertiary/aromatic N) is 3. The van der Waals surface area contributed by atoms with Gasteiger partial charge in [-0.25, -0.2) is 0 Å². The Balaban J connectivity index is 1.72. The van der Waals surface area contributed by atoms with E-state index in [9.17, 15) is 14.9 Å². The molecule has 2 aromatic carbocycles. The van der Waals surface area contributed by atoms with E-state index in [1.54, 1.807) is 36.4 Å². The van der Waals surface area contributed by atoms with Gasteiger partial charge >= 0.3 is 5.69 Å². The van der Waals surface area contributed by atoms with E-state index < -0.39 is 10.8 Å². The van der Waals surface area contributed by atoms with Crippen molar-refractivity contribution in [2.75, 3.05) is 43.4 Å². The van der Waals surface area contributed by atoms with Gasteiger partial charge < -0.3 is 15.1 Å². The molecule has 1 heterocycles. The van der Waals surface area contributed by atoms with Gasteiger partial charge in [-0.15, -0.1) is 0 Å². The zero-order chi connectivity index (χ0) is 21.5. The number of anilines is 2. The van der Waals surface area contributed by atoms with Crippen LogP contribution < -0.4 is 10.2 Å². The zero-order valence-electron chi connectivity index (χ0n) is 17.1. The van der Waals surface area contributed by atoms with E-state index in [1.165, 1.54) is 25.3 Å². The van der Waals surface area contributed by atoms with Crippen molar-refractivity contribution in [2.45, 2.75) is 25.7 Å². The Labute approximate surface area is 181 Å². The van der Waals surface area contributed by atoms with Gasteiger partial charge in [0.15, 0.2) is 0 Å². The fourth-order valence-corrected chi connectivity index (χ4v) is 3.91. The summed E-state index contributed by atoms with van der Waals surface area (Å²) in [7, 11) is 1.83. The molecule has 0 radical (unpaired) electrons. The summed E-state index contributed by atoms with van der Waals surface area (Å²) in [5, 5.41) is 15.1. The molecule has 0 saturated carbocycles. The normalized spacial score (nSPS) is 14.3. The fraction of sp³-hybridized carbons (Fsp3) is 0.409. The smallest absolute Gasteiger partial charge is 0.305 e. The highest BCUT2D eigenvalue weighted by atomic mass is 35.5. The van der Waals surface area contributed by atoms with Crippen LogP contribution in [0, 0.1) is 10.1 Å². The lowest BCUT2D eigenvalue weighted by Crippen LogP contribution is -2.32. The van der Waals surface area contributed by atoms with Crippen molar-refractivity contribution in [1.29, 1.82) is 0 Å². The molecule has 0 unspecified atom stereocenters. The quantitative estimate of drug-likeness (QED) is 0.480. The fourth-order valence-electron chi connectivity index (χ4n) is 3.78. The molecule has 8 heteroatoms. The van der Waals surface area contributed by atoms with Crippen LogP contribution in [0.5, 0.6) is 0 Å². The Morgan fingerprint density at radius 3 is 2.53 bits per heavy atom. The molecule has 7 nitrogen and oxygen atoms in total. The van der Waals surface area contributed by atoms with Crippen molar-refractivity contribution in [3.05, 3.63) is 63.2 Å². The molecule has 0 atom stereocenters. The van der Waals surface area contributed by atoms with Gasteiger partial charge in [0.05, 0.1) is 4.92 Å². The van der Waals surface area contributed by atoms with Gasteiger partial charge in [-0.1, -0.05) is 24.1 Å². The Hall–Kier alpha value is -2.64. The molecule has 1 saturated heterocycles. The van der Waals surface area contributed by atoms with Gasteiger partial charge in [-0.2, -0.15) is 0 Å². The highest BCUT2D eigenvalue weighted by Gasteiger charge is 2.26. The number of amides is 1. The number of benzene rings is 2. The molecule has 30 heavy (non-hydrogen) atoms. The Kier molecular flexibility index (Phi) is 7.65. The van der Waals surface area contributed by atoms with Gasteiger partial charge in [-0.05, 0) is 75.3 Å². The first-order chi connectivity index (χ1) is 14.5. The van der Waals surface area contributed by atoms with Crippen LogP contribution in [0.2, 0.25) is 5.02 Å². The molecule has 3 rings (SSSR count). The largest absolute Gasteiger partial charge is 0.369 e. The number of halogens is 1. The topological polar surface area (TPSA) is 78.7 Å². The number of carbonyl (C=O) groups excluding carboxylic acids is 1. The highest BCUT2D eigenvalue weighted by Crippen LogP contribution is 2.32. The summed E-state index contributed by atoms with van der Waals surface area (Å²) >= 11 is 5.87. The van der Waals surface area contributed by atoms with E-state index in [4.69, 9.17) is 11.6 Å². The molecule has 0 spiro atoms. The van der Waals surface area contributed by atoms with Crippen LogP contribution in [0.3, 0.4) is 0 Å². The summed E-state index contributed by atoms with van der Waals surface area (Å²) in [6, 6.07) is 11.5. The van der Waals surface area contributed by atoms with Crippen LogP contribution >= 0.6 is 11.6 Å². The number of rotatable bonds is 8. The van der Waals surface area contributed by atoms with Gasteiger partial charge in [0, 0.05) is 24.3 Å². The molecule has 2 aromatic rings. The predicted octanol–water partition coefficient (Wildman–Crippen LogP) is 4.81. The standard InChI is InChI=1S/C22H27ClN4O3/c1-25(13-6-16-26-14-3-2-4-15-26)20-8-5-7-19(21(20)27(29)30)22(28)24-18-11-9-17(23)10-12-18/h5,7-12H,2-4,6,13-16H2,1H3,(H,24,28).